The van der Waals surface area contributed by atoms with Gasteiger partial charge in [0.2, 0.25) is 0 Å². The maximum atomic E-state index is 10.1. The van der Waals surface area contributed by atoms with Crippen molar-refractivity contribution in [3.05, 3.63) is 0 Å². The highest BCUT2D eigenvalue weighted by atomic mass is 28.3. The smallest absolute Gasteiger partial charge is 0.184 e. The lowest BCUT2D eigenvalue weighted by Crippen LogP contribution is -2.59. The molecule has 0 aromatic carbocycles. The SMILES string of the molecule is CCCCCCCC[Si](C)(C)CCO[C@@H]1[C@@H](O)[C@H](O)[C@@H](CO)O[C@H]1O. The summed E-state index contributed by atoms with van der Waals surface area (Å²) in [6, 6.07) is 2.20. The molecule has 0 aliphatic carbocycles. The minimum atomic E-state index is -1.37. The predicted octanol–water partition coefficient (Wildman–Crippen LogP) is 1.87. The molecule has 1 aliphatic rings. The van der Waals surface area contributed by atoms with Crippen LogP contribution in [0.4, 0.5) is 0 Å². The summed E-state index contributed by atoms with van der Waals surface area (Å²) >= 11 is 0. The van der Waals surface area contributed by atoms with Gasteiger partial charge in [-0.3, -0.25) is 0 Å². The summed E-state index contributed by atoms with van der Waals surface area (Å²) in [6.07, 6.45) is 1.99. The van der Waals surface area contributed by atoms with Gasteiger partial charge in [-0.1, -0.05) is 64.6 Å². The molecule has 0 amide bonds. The lowest BCUT2D eigenvalue weighted by Gasteiger charge is -2.40. The quantitative estimate of drug-likeness (QED) is 0.306. The van der Waals surface area contributed by atoms with Crippen molar-refractivity contribution < 1.29 is 29.9 Å². The largest absolute Gasteiger partial charge is 0.394 e. The number of aliphatic hydroxyl groups is 4. The summed E-state index contributed by atoms with van der Waals surface area (Å²) in [5.74, 6) is 0. The van der Waals surface area contributed by atoms with E-state index in [-0.39, 0.29) is 0 Å². The summed E-state index contributed by atoms with van der Waals surface area (Å²) in [4.78, 5) is 0. The maximum Gasteiger partial charge on any atom is 0.184 e. The van der Waals surface area contributed by atoms with E-state index in [0.717, 1.165) is 6.04 Å². The van der Waals surface area contributed by atoms with Crippen molar-refractivity contribution in [3.8, 4) is 0 Å². The molecule has 1 rings (SSSR count). The van der Waals surface area contributed by atoms with E-state index in [1.54, 1.807) is 0 Å². The van der Waals surface area contributed by atoms with Crippen LogP contribution in [0.2, 0.25) is 25.2 Å². The van der Waals surface area contributed by atoms with Crippen molar-refractivity contribution in [2.75, 3.05) is 13.2 Å². The number of aliphatic hydroxyl groups excluding tert-OH is 4. The number of unbranched alkanes of at least 4 members (excludes halogenated alkanes) is 5. The highest BCUT2D eigenvalue weighted by molar-refractivity contribution is 6.77. The Kier molecular flexibility index (Phi) is 10.7. The van der Waals surface area contributed by atoms with E-state index in [9.17, 15) is 15.3 Å². The van der Waals surface area contributed by atoms with E-state index in [0.29, 0.717) is 6.61 Å². The van der Waals surface area contributed by atoms with Gasteiger partial charge in [0.05, 0.1) is 6.61 Å². The van der Waals surface area contributed by atoms with Gasteiger partial charge >= 0.3 is 0 Å². The third-order valence-corrected chi connectivity index (χ3v) is 8.40. The van der Waals surface area contributed by atoms with Gasteiger partial charge in [-0.25, -0.2) is 0 Å². The van der Waals surface area contributed by atoms with Crippen LogP contribution in [0, 0.1) is 0 Å². The standard InChI is InChI=1S/C18H38O6Si/c1-4-5-6-7-8-9-11-25(2,3)12-10-23-17-16(21)15(20)14(13-19)24-18(17)22/h14-22H,4-13H2,1-3H3/t14-,15-,16+,17-,18-/m1/s1. The third kappa shape index (κ3) is 8.03. The van der Waals surface area contributed by atoms with E-state index < -0.39 is 45.4 Å². The Hall–Kier alpha value is -0.0231. The van der Waals surface area contributed by atoms with Crippen LogP contribution < -0.4 is 0 Å². The first kappa shape index (κ1) is 23.0. The monoisotopic (exact) mass is 378 g/mol. The fourth-order valence-electron chi connectivity index (χ4n) is 3.23. The summed E-state index contributed by atoms with van der Waals surface area (Å²) in [5.41, 5.74) is 0. The van der Waals surface area contributed by atoms with Crippen molar-refractivity contribution in [3.63, 3.8) is 0 Å². The first-order valence-electron chi connectivity index (χ1n) is 9.74. The molecule has 7 heteroatoms. The lowest BCUT2D eigenvalue weighted by molar-refractivity contribution is -0.295. The molecular formula is C18H38O6Si. The van der Waals surface area contributed by atoms with Crippen LogP contribution in [0.1, 0.15) is 45.4 Å². The Bertz CT molecular complexity index is 354. The fraction of sp³-hybridized carbons (Fsp3) is 1.00. The molecule has 0 saturated carbocycles. The molecule has 1 saturated heterocycles. The average Bonchev–Trinajstić information content (AvgIpc) is 2.57. The molecule has 5 atom stereocenters. The van der Waals surface area contributed by atoms with Gasteiger partial charge < -0.3 is 29.9 Å². The molecule has 1 heterocycles. The van der Waals surface area contributed by atoms with Crippen LogP contribution in [0.25, 0.3) is 0 Å². The van der Waals surface area contributed by atoms with Crippen molar-refractivity contribution in [2.24, 2.45) is 0 Å². The Balaban J connectivity index is 2.27. The summed E-state index contributed by atoms with van der Waals surface area (Å²) in [6.45, 7) is 6.88. The van der Waals surface area contributed by atoms with E-state index in [2.05, 4.69) is 20.0 Å². The average molecular weight is 379 g/mol. The van der Waals surface area contributed by atoms with E-state index in [4.69, 9.17) is 14.6 Å². The molecule has 25 heavy (non-hydrogen) atoms. The molecule has 4 N–H and O–H groups in total. The molecule has 0 unspecified atom stereocenters. The van der Waals surface area contributed by atoms with Crippen LogP contribution in [-0.4, -0.2) is 72.4 Å². The van der Waals surface area contributed by atoms with E-state index >= 15 is 0 Å². The number of hydrogen-bond donors (Lipinski definition) is 4. The molecule has 0 aromatic rings. The summed E-state index contributed by atoms with van der Waals surface area (Å²) in [7, 11) is -1.37. The fourth-order valence-corrected chi connectivity index (χ4v) is 5.36. The second-order valence-electron chi connectivity index (χ2n) is 8.00. The molecule has 0 spiro atoms. The number of ether oxygens (including phenoxy) is 2. The second kappa shape index (κ2) is 11.6. The molecule has 6 nitrogen and oxygen atoms in total. The molecule has 0 radical (unpaired) electrons. The van der Waals surface area contributed by atoms with Crippen molar-refractivity contribution in [1.29, 1.82) is 0 Å². The summed E-state index contributed by atoms with van der Waals surface area (Å²) in [5, 5.41) is 38.9. The van der Waals surface area contributed by atoms with E-state index in [1.165, 1.54) is 44.6 Å². The first-order chi connectivity index (χ1) is 11.8. The zero-order valence-corrected chi connectivity index (χ0v) is 17.1. The zero-order chi connectivity index (χ0) is 18.9. The van der Waals surface area contributed by atoms with E-state index in [1.807, 2.05) is 0 Å². The molecule has 1 aliphatic heterocycles. The van der Waals surface area contributed by atoms with Gasteiger partial charge in [-0.05, 0) is 6.04 Å². The van der Waals surface area contributed by atoms with Gasteiger partial charge in [0.25, 0.3) is 0 Å². The highest BCUT2D eigenvalue weighted by Gasteiger charge is 2.44. The van der Waals surface area contributed by atoms with Crippen LogP contribution >= 0.6 is 0 Å². The van der Waals surface area contributed by atoms with Gasteiger partial charge in [0, 0.05) is 14.7 Å². The minimum Gasteiger partial charge on any atom is -0.394 e. The second-order valence-corrected chi connectivity index (χ2v) is 13.3. The molecular weight excluding hydrogens is 340 g/mol. The zero-order valence-electron chi connectivity index (χ0n) is 16.1. The van der Waals surface area contributed by atoms with Gasteiger partial charge in [-0.2, -0.15) is 0 Å². The third-order valence-electron chi connectivity index (χ3n) is 5.14. The Morgan fingerprint density at radius 1 is 0.920 bits per heavy atom. The Labute approximate surface area is 153 Å². The normalized spacial score (nSPS) is 30.6. The predicted molar refractivity (Wildman–Crippen MR) is 100 cm³/mol. The van der Waals surface area contributed by atoms with Crippen molar-refractivity contribution >= 4 is 8.07 Å². The van der Waals surface area contributed by atoms with Gasteiger partial charge in [0.1, 0.15) is 24.4 Å². The van der Waals surface area contributed by atoms with Crippen LogP contribution in [0.5, 0.6) is 0 Å². The first-order valence-corrected chi connectivity index (χ1v) is 13.2. The molecule has 150 valence electrons. The highest BCUT2D eigenvalue weighted by Crippen LogP contribution is 2.24. The Morgan fingerprint density at radius 3 is 2.20 bits per heavy atom. The lowest BCUT2D eigenvalue weighted by atomic mass is 9.99. The van der Waals surface area contributed by atoms with Gasteiger partial charge in [-0.15, -0.1) is 0 Å². The topological polar surface area (TPSA) is 99.4 Å². The van der Waals surface area contributed by atoms with Crippen LogP contribution in [-0.2, 0) is 9.47 Å². The number of hydrogen-bond acceptors (Lipinski definition) is 6. The Morgan fingerprint density at radius 2 is 1.56 bits per heavy atom. The van der Waals surface area contributed by atoms with Crippen molar-refractivity contribution in [1.82, 2.24) is 0 Å². The summed E-state index contributed by atoms with van der Waals surface area (Å²) < 4.78 is 10.7. The van der Waals surface area contributed by atoms with Gasteiger partial charge in [0.15, 0.2) is 6.29 Å². The molecule has 0 aromatic heterocycles. The van der Waals surface area contributed by atoms with Crippen LogP contribution in [0.15, 0.2) is 0 Å². The number of rotatable bonds is 12. The minimum absolute atomic E-state index is 0.438. The molecule has 0 bridgehead atoms. The van der Waals surface area contributed by atoms with Crippen molar-refractivity contribution in [2.45, 2.75) is 101 Å². The maximum absolute atomic E-state index is 10.1. The molecule has 1 fully saturated rings. The van der Waals surface area contributed by atoms with Crippen LogP contribution in [0.3, 0.4) is 0 Å².